The number of aromatic amines is 2. The van der Waals surface area contributed by atoms with Gasteiger partial charge in [0.15, 0.2) is 0 Å². The van der Waals surface area contributed by atoms with E-state index >= 15 is 0 Å². The number of fused-ring (bicyclic) bond motifs is 8. The minimum absolute atomic E-state index is 0.723. The Balaban J connectivity index is 1.16. The molecule has 8 heteroatoms. The number of nitrogens with zero attached hydrogens (tertiary/aromatic N) is 5. The molecule has 0 amide bonds. The largest absolute Gasteiger partial charge is 0.494 e. The molecule has 1 aromatic carbocycles. The highest BCUT2D eigenvalue weighted by atomic mass is 16.5. The van der Waals surface area contributed by atoms with E-state index in [1.54, 1.807) is 0 Å². The van der Waals surface area contributed by atoms with Crippen molar-refractivity contribution in [3.8, 4) is 50.3 Å². The lowest BCUT2D eigenvalue weighted by atomic mass is 10.0. The van der Waals surface area contributed by atoms with Crippen LogP contribution in [0.4, 0.5) is 0 Å². The summed E-state index contributed by atoms with van der Waals surface area (Å²) >= 11 is 0. The topological polar surface area (TPSA) is 105 Å². The van der Waals surface area contributed by atoms with Crippen molar-refractivity contribution in [1.29, 1.82) is 0 Å². The number of hydrogen-bond acceptors (Lipinski definition) is 6. The molecule has 2 aliphatic heterocycles. The number of ether oxygens (including phenoxy) is 1. The third-order valence-electron chi connectivity index (χ3n) is 11.6. The normalized spacial score (nSPS) is 12.0. The van der Waals surface area contributed by atoms with Crippen molar-refractivity contribution in [2.75, 3.05) is 6.61 Å². The van der Waals surface area contributed by atoms with Gasteiger partial charge in [-0.15, -0.1) is 0 Å². The zero-order valence-corrected chi connectivity index (χ0v) is 34.8. The minimum Gasteiger partial charge on any atom is -0.494 e. The fraction of sp³-hybridized carbons (Fsp3) is 0.226. The van der Waals surface area contributed by atoms with Gasteiger partial charge in [-0.05, 0) is 126 Å². The molecule has 8 bridgehead atoms. The molecule has 6 aromatic heterocycles. The first-order valence-electron chi connectivity index (χ1n) is 21.8. The van der Waals surface area contributed by atoms with E-state index in [9.17, 15) is 0 Å². The molecular formula is C53H51N7O. The molecular weight excluding hydrogens is 751 g/mol. The van der Waals surface area contributed by atoms with Crippen LogP contribution in [0.5, 0.6) is 5.75 Å². The van der Waals surface area contributed by atoms with Crippen LogP contribution in [-0.4, -0.2) is 41.5 Å². The second kappa shape index (κ2) is 19.0. The lowest BCUT2D eigenvalue weighted by Gasteiger charge is -2.09. The molecule has 9 rings (SSSR count). The van der Waals surface area contributed by atoms with Gasteiger partial charge in [-0.3, -0.25) is 15.0 Å². The van der Waals surface area contributed by atoms with Crippen LogP contribution < -0.4 is 4.74 Å². The van der Waals surface area contributed by atoms with Crippen molar-refractivity contribution in [2.24, 2.45) is 0 Å². The summed E-state index contributed by atoms with van der Waals surface area (Å²) in [5.41, 5.74) is 15.2. The fourth-order valence-electron chi connectivity index (χ4n) is 8.47. The second-order valence-electron chi connectivity index (χ2n) is 15.8. The van der Waals surface area contributed by atoms with Crippen molar-refractivity contribution in [3.05, 3.63) is 145 Å². The number of rotatable bonds is 16. The zero-order chi connectivity index (χ0) is 41.2. The third kappa shape index (κ3) is 8.99. The number of pyridine rings is 3. The van der Waals surface area contributed by atoms with Gasteiger partial charge in [0.2, 0.25) is 0 Å². The summed E-state index contributed by atoms with van der Waals surface area (Å²) in [6.45, 7) is 3.00. The maximum absolute atomic E-state index is 6.26. The van der Waals surface area contributed by atoms with Crippen LogP contribution in [0.2, 0.25) is 0 Å². The number of nitrogens with one attached hydrogen (secondary N) is 2. The Labute approximate surface area is 357 Å². The second-order valence-corrected chi connectivity index (χ2v) is 15.8. The summed E-state index contributed by atoms with van der Waals surface area (Å²) in [5.74, 6) is 0.877. The summed E-state index contributed by atoms with van der Waals surface area (Å²) in [5, 5.41) is 0. The predicted octanol–water partition coefficient (Wildman–Crippen LogP) is 13.8. The Hall–Kier alpha value is -6.93. The SMILES string of the molecule is CCCCCCCCCCCCOc1ccc(-c2c3nc(c(-c4ccncc4)c4ccc([nH]4)c(-c4ccncc4)c4nc(c(-c5ccncc5)c5ccc2[nH]5)C=C4)C=C3)cc1. The molecule has 0 spiro atoms. The molecule has 0 saturated carbocycles. The van der Waals surface area contributed by atoms with E-state index in [1.807, 2.05) is 73.6 Å². The van der Waals surface area contributed by atoms with Crippen molar-refractivity contribution < 1.29 is 4.74 Å². The van der Waals surface area contributed by atoms with Gasteiger partial charge < -0.3 is 14.7 Å². The molecule has 2 aliphatic rings. The monoisotopic (exact) mass is 801 g/mol. The van der Waals surface area contributed by atoms with E-state index in [2.05, 4.69) is 105 Å². The third-order valence-corrected chi connectivity index (χ3v) is 11.6. The van der Waals surface area contributed by atoms with E-state index in [-0.39, 0.29) is 0 Å². The Morgan fingerprint density at radius 3 is 1.07 bits per heavy atom. The van der Waals surface area contributed by atoms with Gasteiger partial charge in [0.25, 0.3) is 0 Å². The number of unbranched alkanes of at least 4 members (excludes halogenated alkanes) is 9. The van der Waals surface area contributed by atoms with E-state index in [0.29, 0.717) is 0 Å². The van der Waals surface area contributed by atoms with Crippen LogP contribution in [0.15, 0.2) is 122 Å². The van der Waals surface area contributed by atoms with Gasteiger partial charge in [0, 0.05) is 81.5 Å². The fourth-order valence-corrected chi connectivity index (χ4v) is 8.47. The predicted molar refractivity (Wildman–Crippen MR) is 251 cm³/mol. The van der Waals surface area contributed by atoms with Crippen LogP contribution in [-0.2, 0) is 0 Å². The molecule has 8 heterocycles. The highest BCUT2D eigenvalue weighted by Gasteiger charge is 2.19. The average molecular weight is 802 g/mol. The first-order chi connectivity index (χ1) is 30.2. The number of benzene rings is 1. The highest BCUT2D eigenvalue weighted by Crippen LogP contribution is 2.38. The van der Waals surface area contributed by atoms with Crippen LogP contribution in [0, 0.1) is 0 Å². The minimum atomic E-state index is 0.723. The van der Waals surface area contributed by atoms with E-state index in [0.717, 1.165) is 108 Å². The average Bonchev–Trinajstić information content (AvgIpc) is 4.16. The maximum atomic E-state index is 6.26. The van der Waals surface area contributed by atoms with Crippen molar-refractivity contribution in [1.82, 2.24) is 34.9 Å². The van der Waals surface area contributed by atoms with Gasteiger partial charge in [-0.25, -0.2) is 9.97 Å². The Morgan fingerprint density at radius 2 is 0.705 bits per heavy atom. The zero-order valence-electron chi connectivity index (χ0n) is 34.8. The molecule has 61 heavy (non-hydrogen) atoms. The van der Waals surface area contributed by atoms with Crippen molar-refractivity contribution in [2.45, 2.75) is 71.1 Å². The van der Waals surface area contributed by atoms with Gasteiger partial charge in [-0.1, -0.05) is 76.8 Å². The first kappa shape index (κ1) is 39.5. The maximum Gasteiger partial charge on any atom is 0.119 e. The van der Waals surface area contributed by atoms with Crippen molar-refractivity contribution in [3.63, 3.8) is 0 Å². The van der Waals surface area contributed by atoms with E-state index < -0.39 is 0 Å². The van der Waals surface area contributed by atoms with Crippen LogP contribution >= 0.6 is 0 Å². The standard InChI is InChI=1S/C53H51N7O/c1-2-3-4-5-6-7-8-9-10-11-36-61-41-14-12-37(13-15-41)50-42-16-18-44(57-42)51(38-24-30-54-31-25-38)46-20-22-48(59-46)53(40-28-34-56-35-29-40)49-23-21-47(60-49)52(39-26-32-55-33-27-39)45-19-17-43(50)58-45/h12-35,57,60H,2-11,36H2,1H3. The van der Waals surface area contributed by atoms with E-state index in [4.69, 9.17) is 14.7 Å². The number of H-pyrrole nitrogens is 2. The molecule has 0 saturated heterocycles. The van der Waals surface area contributed by atoms with Gasteiger partial charge >= 0.3 is 0 Å². The molecule has 0 fully saturated rings. The Morgan fingerprint density at radius 1 is 0.377 bits per heavy atom. The molecule has 0 unspecified atom stereocenters. The van der Waals surface area contributed by atoms with Crippen LogP contribution in [0.1, 0.15) is 93.9 Å². The van der Waals surface area contributed by atoms with Crippen LogP contribution in [0.3, 0.4) is 0 Å². The molecule has 8 nitrogen and oxygen atoms in total. The molecule has 0 radical (unpaired) electrons. The molecule has 0 aliphatic carbocycles. The smallest absolute Gasteiger partial charge is 0.119 e. The summed E-state index contributed by atoms with van der Waals surface area (Å²) in [4.78, 5) is 31.4. The lowest BCUT2D eigenvalue weighted by molar-refractivity contribution is 0.304. The van der Waals surface area contributed by atoms with Crippen molar-refractivity contribution >= 4 is 46.4 Å². The summed E-state index contributed by atoms with van der Waals surface area (Å²) < 4.78 is 6.26. The summed E-state index contributed by atoms with van der Waals surface area (Å²) in [6.07, 6.45) is 32.4. The van der Waals surface area contributed by atoms with Gasteiger partial charge in [-0.2, -0.15) is 0 Å². The number of hydrogen-bond donors (Lipinski definition) is 2. The van der Waals surface area contributed by atoms with E-state index in [1.165, 1.54) is 57.8 Å². The molecule has 7 aromatic rings. The Bertz CT molecular complexity index is 2770. The molecule has 304 valence electrons. The van der Waals surface area contributed by atoms with Crippen LogP contribution in [0.25, 0.3) is 90.9 Å². The summed E-state index contributed by atoms with van der Waals surface area (Å²) in [7, 11) is 0. The quantitative estimate of drug-likeness (QED) is 0.0943. The molecule has 0 atom stereocenters. The van der Waals surface area contributed by atoms with Gasteiger partial charge in [0.05, 0.1) is 29.4 Å². The highest BCUT2D eigenvalue weighted by molar-refractivity contribution is 5.99. The Kier molecular flexibility index (Phi) is 12.3. The lowest BCUT2D eigenvalue weighted by Crippen LogP contribution is -1.97. The first-order valence-corrected chi connectivity index (χ1v) is 21.8. The number of aromatic nitrogens is 7. The molecule has 2 N–H and O–H groups in total. The van der Waals surface area contributed by atoms with Gasteiger partial charge in [0.1, 0.15) is 5.75 Å². The summed E-state index contributed by atoms with van der Waals surface area (Å²) in [6, 6.07) is 29.2.